The fourth-order valence-corrected chi connectivity index (χ4v) is 3.24. The fraction of sp³-hybridized carbons (Fsp3) is 0.833. The van der Waals surface area contributed by atoms with Crippen LogP contribution in [0, 0.1) is 17.8 Å². The second-order valence-electron chi connectivity index (χ2n) is 4.75. The number of rotatable bonds is 2. The first-order valence-corrected chi connectivity index (χ1v) is 5.43. The van der Waals surface area contributed by atoms with Crippen molar-refractivity contribution >= 4 is 0 Å². The zero-order valence-corrected chi connectivity index (χ0v) is 8.56. The molecular weight excluding hydrogens is 144 g/mol. The summed E-state index contributed by atoms with van der Waals surface area (Å²) in [6, 6.07) is 0. The van der Waals surface area contributed by atoms with E-state index >= 15 is 0 Å². The Morgan fingerprint density at radius 2 is 1.92 bits per heavy atom. The van der Waals surface area contributed by atoms with Crippen LogP contribution in [0.4, 0.5) is 0 Å². The molecule has 2 aliphatic rings. The highest BCUT2D eigenvalue weighted by Gasteiger charge is 2.42. The first kappa shape index (κ1) is 8.34. The number of allylic oxidation sites excluding steroid dienone is 2. The van der Waals surface area contributed by atoms with Gasteiger partial charge < -0.3 is 0 Å². The summed E-state index contributed by atoms with van der Waals surface area (Å²) in [5.41, 5.74) is 3.58. The van der Waals surface area contributed by atoms with Crippen molar-refractivity contribution in [2.45, 2.75) is 46.5 Å². The molecule has 0 aromatic carbocycles. The molecule has 2 unspecified atom stereocenters. The lowest BCUT2D eigenvalue weighted by Crippen LogP contribution is -2.24. The maximum Gasteiger partial charge on any atom is -0.0132 e. The molecule has 0 nitrogen and oxygen atoms in total. The minimum Gasteiger partial charge on any atom is -0.0701 e. The van der Waals surface area contributed by atoms with Crippen molar-refractivity contribution in [3.05, 3.63) is 11.1 Å². The summed E-state index contributed by atoms with van der Waals surface area (Å²) in [6.45, 7) is 7.07. The molecule has 0 aromatic rings. The zero-order chi connectivity index (χ0) is 8.72. The zero-order valence-electron chi connectivity index (χ0n) is 8.56. The van der Waals surface area contributed by atoms with E-state index in [-0.39, 0.29) is 0 Å². The van der Waals surface area contributed by atoms with E-state index in [4.69, 9.17) is 0 Å². The third kappa shape index (κ3) is 1.04. The summed E-state index contributed by atoms with van der Waals surface area (Å²) in [5.74, 6) is 3.01. The van der Waals surface area contributed by atoms with Crippen LogP contribution in [0.5, 0.6) is 0 Å². The monoisotopic (exact) mass is 164 g/mol. The van der Waals surface area contributed by atoms with Gasteiger partial charge in [0.25, 0.3) is 0 Å². The molecule has 0 spiro atoms. The van der Waals surface area contributed by atoms with Gasteiger partial charge in [-0.2, -0.15) is 0 Å². The molecule has 68 valence electrons. The Balaban J connectivity index is 2.07. The van der Waals surface area contributed by atoms with E-state index in [1.165, 1.54) is 25.7 Å². The first-order valence-electron chi connectivity index (χ1n) is 5.43. The molecule has 2 aliphatic carbocycles. The number of hydrogen-bond acceptors (Lipinski definition) is 0. The molecule has 2 rings (SSSR count). The van der Waals surface area contributed by atoms with E-state index in [9.17, 15) is 0 Å². The van der Waals surface area contributed by atoms with Crippen molar-refractivity contribution in [1.29, 1.82) is 0 Å². The summed E-state index contributed by atoms with van der Waals surface area (Å²) < 4.78 is 0. The van der Waals surface area contributed by atoms with Crippen molar-refractivity contribution in [1.82, 2.24) is 0 Å². The summed E-state index contributed by atoms with van der Waals surface area (Å²) in [6.07, 6.45) is 5.67. The van der Waals surface area contributed by atoms with Gasteiger partial charge in [-0.25, -0.2) is 0 Å². The molecule has 0 saturated heterocycles. The van der Waals surface area contributed by atoms with Crippen molar-refractivity contribution in [2.75, 3.05) is 0 Å². The van der Waals surface area contributed by atoms with E-state index in [1.807, 2.05) is 5.57 Å². The van der Waals surface area contributed by atoms with E-state index in [2.05, 4.69) is 20.8 Å². The SMILES string of the molecule is CCCC1=C(C)[C@H]2CC(C)CC12. The molecule has 3 atom stereocenters. The standard InChI is InChI=1S/C12H20/c1-4-5-10-9(3)11-6-8(2)7-12(10)11/h8,11-12H,4-7H2,1-3H3/t8?,11-,12?/m1/s1. The smallest absolute Gasteiger partial charge is 0.0132 e. The molecule has 0 amide bonds. The summed E-state index contributed by atoms with van der Waals surface area (Å²) in [5, 5.41) is 0. The van der Waals surface area contributed by atoms with Gasteiger partial charge in [0.05, 0.1) is 0 Å². The number of fused-ring (bicyclic) bond motifs is 1. The highest BCUT2D eigenvalue weighted by molar-refractivity contribution is 5.33. The van der Waals surface area contributed by atoms with Crippen LogP contribution in [0.15, 0.2) is 11.1 Å². The largest absolute Gasteiger partial charge is 0.0701 e. The molecule has 0 bridgehead atoms. The predicted octanol–water partition coefficient (Wildman–Crippen LogP) is 3.78. The van der Waals surface area contributed by atoms with Crippen molar-refractivity contribution in [2.24, 2.45) is 17.8 Å². The summed E-state index contributed by atoms with van der Waals surface area (Å²) in [7, 11) is 0. The van der Waals surface area contributed by atoms with Crippen LogP contribution in [-0.2, 0) is 0 Å². The molecule has 12 heavy (non-hydrogen) atoms. The second kappa shape index (κ2) is 2.90. The third-order valence-corrected chi connectivity index (χ3v) is 3.83. The highest BCUT2D eigenvalue weighted by Crippen LogP contribution is 2.54. The Labute approximate surface area is 76.1 Å². The maximum absolute atomic E-state index is 2.41. The van der Waals surface area contributed by atoms with Gasteiger partial charge in [-0.05, 0) is 43.9 Å². The lowest BCUT2D eigenvalue weighted by molar-refractivity contribution is 0.408. The molecule has 0 aliphatic heterocycles. The van der Waals surface area contributed by atoms with Crippen LogP contribution >= 0.6 is 0 Å². The third-order valence-electron chi connectivity index (χ3n) is 3.83. The molecule has 0 heterocycles. The van der Waals surface area contributed by atoms with Gasteiger partial charge in [-0.1, -0.05) is 31.4 Å². The average Bonchev–Trinajstić information content (AvgIpc) is 2.40. The van der Waals surface area contributed by atoms with E-state index in [1.54, 1.807) is 5.57 Å². The van der Waals surface area contributed by atoms with Crippen LogP contribution in [0.1, 0.15) is 46.5 Å². The van der Waals surface area contributed by atoms with Gasteiger partial charge in [0.2, 0.25) is 0 Å². The van der Waals surface area contributed by atoms with Gasteiger partial charge in [0.1, 0.15) is 0 Å². The lowest BCUT2D eigenvalue weighted by atomic mass is 9.69. The van der Waals surface area contributed by atoms with Crippen LogP contribution in [-0.4, -0.2) is 0 Å². The quantitative estimate of drug-likeness (QED) is 0.545. The molecule has 1 saturated carbocycles. The summed E-state index contributed by atoms with van der Waals surface area (Å²) in [4.78, 5) is 0. The Bertz CT molecular complexity index is 212. The minimum absolute atomic E-state index is 0.990. The van der Waals surface area contributed by atoms with Crippen LogP contribution in [0.2, 0.25) is 0 Å². The maximum atomic E-state index is 2.41. The Kier molecular flexibility index (Phi) is 2.02. The predicted molar refractivity (Wildman–Crippen MR) is 53.0 cm³/mol. The van der Waals surface area contributed by atoms with Gasteiger partial charge in [-0.15, -0.1) is 0 Å². The topological polar surface area (TPSA) is 0 Å². The van der Waals surface area contributed by atoms with Crippen molar-refractivity contribution in [3.8, 4) is 0 Å². The van der Waals surface area contributed by atoms with Crippen molar-refractivity contribution in [3.63, 3.8) is 0 Å². The van der Waals surface area contributed by atoms with Gasteiger partial charge >= 0.3 is 0 Å². The highest BCUT2D eigenvalue weighted by atomic mass is 14.5. The summed E-state index contributed by atoms with van der Waals surface area (Å²) >= 11 is 0. The van der Waals surface area contributed by atoms with E-state index in [0.717, 1.165) is 17.8 Å². The molecular formula is C12H20. The molecule has 0 aromatic heterocycles. The Hall–Kier alpha value is -0.260. The molecule has 0 radical (unpaired) electrons. The van der Waals surface area contributed by atoms with E-state index in [0.29, 0.717) is 0 Å². The van der Waals surface area contributed by atoms with Gasteiger partial charge in [0, 0.05) is 0 Å². The van der Waals surface area contributed by atoms with Gasteiger partial charge in [-0.3, -0.25) is 0 Å². The molecule has 1 fully saturated rings. The Morgan fingerprint density at radius 1 is 1.25 bits per heavy atom. The normalized spacial score (nSPS) is 39.8. The van der Waals surface area contributed by atoms with E-state index < -0.39 is 0 Å². The minimum atomic E-state index is 0.990. The van der Waals surface area contributed by atoms with Crippen LogP contribution in [0.25, 0.3) is 0 Å². The average molecular weight is 164 g/mol. The fourth-order valence-electron chi connectivity index (χ4n) is 3.24. The number of hydrogen-bond donors (Lipinski definition) is 0. The van der Waals surface area contributed by atoms with Crippen molar-refractivity contribution < 1.29 is 0 Å². The van der Waals surface area contributed by atoms with Gasteiger partial charge in [0.15, 0.2) is 0 Å². The second-order valence-corrected chi connectivity index (χ2v) is 4.75. The molecule has 0 heteroatoms. The lowest BCUT2D eigenvalue weighted by Gasteiger charge is -2.36. The molecule has 0 N–H and O–H groups in total. The van der Waals surface area contributed by atoms with Crippen LogP contribution < -0.4 is 0 Å². The van der Waals surface area contributed by atoms with Crippen LogP contribution in [0.3, 0.4) is 0 Å². The Morgan fingerprint density at radius 3 is 2.58 bits per heavy atom. The first-order chi connectivity index (χ1) is 5.74.